The molecule has 6 nitrogen and oxygen atoms in total. The lowest BCUT2D eigenvalue weighted by Crippen LogP contribution is -2.14. The van der Waals surface area contributed by atoms with Crippen molar-refractivity contribution >= 4 is 11.8 Å². The summed E-state index contributed by atoms with van der Waals surface area (Å²) in [5.41, 5.74) is 1.47. The minimum atomic E-state index is -4.63. The zero-order valence-electron chi connectivity index (χ0n) is 15.5. The summed E-state index contributed by atoms with van der Waals surface area (Å²) >= 11 is 0. The van der Waals surface area contributed by atoms with Crippen LogP contribution in [0, 0.1) is 22.7 Å². The Labute approximate surface area is 170 Å². The summed E-state index contributed by atoms with van der Waals surface area (Å²) < 4.78 is 39.7. The second-order valence-corrected chi connectivity index (χ2v) is 6.28. The fourth-order valence-electron chi connectivity index (χ4n) is 2.53. The van der Waals surface area contributed by atoms with Crippen molar-refractivity contribution in [3.63, 3.8) is 0 Å². The van der Waals surface area contributed by atoms with Crippen LogP contribution in [-0.2, 0) is 19.3 Å². The van der Waals surface area contributed by atoms with E-state index >= 15 is 0 Å². The van der Waals surface area contributed by atoms with Crippen molar-refractivity contribution in [1.29, 1.82) is 10.5 Å². The van der Waals surface area contributed by atoms with Gasteiger partial charge in [-0.15, -0.1) is 0 Å². The molecule has 0 fully saturated rings. The van der Waals surface area contributed by atoms with Gasteiger partial charge >= 0.3 is 6.18 Å². The van der Waals surface area contributed by atoms with Crippen LogP contribution in [0.4, 0.5) is 24.9 Å². The number of halogens is 3. The Morgan fingerprint density at radius 1 is 0.767 bits per heavy atom. The maximum absolute atomic E-state index is 13.2. The van der Waals surface area contributed by atoms with E-state index in [1.54, 1.807) is 48.5 Å². The maximum Gasteiger partial charge on any atom is 0.433 e. The lowest BCUT2D eigenvalue weighted by Gasteiger charge is -2.13. The molecule has 1 heterocycles. The van der Waals surface area contributed by atoms with Gasteiger partial charge in [0.1, 0.15) is 5.82 Å². The predicted octanol–water partition coefficient (Wildman–Crippen LogP) is 4.46. The van der Waals surface area contributed by atoms with Gasteiger partial charge in [-0.25, -0.2) is 4.98 Å². The van der Waals surface area contributed by atoms with Crippen molar-refractivity contribution in [2.45, 2.75) is 19.3 Å². The van der Waals surface area contributed by atoms with Crippen LogP contribution in [0.2, 0.25) is 0 Å². The van der Waals surface area contributed by atoms with E-state index in [4.69, 9.17) is 10.5 Å². The van der Waals surface area contributed by atoms with E-state index in [1.165, 1.54) is 0 Å². The van der Waals surface area contributed by atoms with Crippen LogP contribution in [0.15, 0.2) is 54.6 Å². The Balaban J connectivity index is 1.75. The molecule has 0 unspecified atom stereocenters. The average Bonchev–Trinajstić information content (AvgIpc) is 2.76. The zero-order chi connectivity index (χ0) is 21.6. The van der Waals surface area contributed by atoms with Crippen molar-refractivity contribution in [3.8, 4) is 12.1 Å². The molecule has 0 bridgehead atoms. The third-order valence-corrected chi connectivity index (χ3v) is 4.11. The van der Waals surface area contributed by atoms with Gasteiger partial charge in [0.25, 0.3) is 0 Å². The summed E-state index contributed by atoms with van der Waals surface area (Å²) in [7, 11) is 0. The Morgan fingerprint density at radius 2 is 1.27 bits per heavy atom. The minimum absolute atomic E-state index is 0.0176. The molecule has 0 saturated heterocycles. The fourth-order valence-corrected chi connectivity index (χ4v) is 2.53. The van der Waals surface area contributed by atoms with Gasteiger partial charge in [0, 0.05) is 19.2 Å². The molecule has 2 N–H and O–H groups in total. The molecule has 30 heavy (non-hydrogen) atoms. The van der Waals surface area contributed by atoms with Crippen molar-refractivity contribution in [3.05, 3.63) is 82.5 Å². The van der Waals surface area contributed by atoms with Crippen molar-refractivity contribution in [2.24, 2.45) is 0 Å². The first-order valence-electron chi connectivity index (χ1n) is 8.79. The van der Waals surface area contributed by atoms with Crippen LogP contribution in [0.3, 0.4) is 0 Å². The molecule has 1 aromatic heterocycles. The normalized spacial score (nSPS) is 10.7. The molecular weight excluding hydrogens is 393 g/mol. The average molecular weight is 408 g/mol. The molecule has 0 radical (unpaired) electrons. The highest BCUT2D eigenvalue weighted by Crippen LogP contribution is 2.30. The zero-order valence-corrected chi connectivity index (χ0v) is 15.5. The number of aromatic nitrogens is 2. The highest BCUT2D eigenvalue weighted by molar-refractivity contribution is 5.44. The SMILES string of the molecule is N#Cc1ccc(CNc2cc(C(F)(F)F)nc(NCc3ccc(C#N)cc3)n2)cc1. The topological polar surface area (TPSA) is 97.4 Å². The highest BCUT2D eigenvalue weighted by Gasteiger charge is 2.33. The van der Waals surface area contributed by atoms with E-state index in [0.29, 0.717) is 11.1 Å². The van der Waals surface area contributed by atoms with Gasteiger partial charge in [0.2, 0.25) is 5.95 Å². The van der Waals surface area contributed by atoms with Gasteiger partial charge in [-0.1, -0.05) is 24.3 Å². The van der Waals surface area contributed by atoms with Gasteiger partial charge in [-0.05, 0) is 35.4 Å². The molecule has 0 amide bonds. The first kappa shape index (κ1) is 20.6. The predicted molar refractivity (Wildman–Crippen MR) is 104 cm³/mol. The van der Waals surface area contributed by atoms with Crippen LogP contribution in [0.5, 0.6) is 0 Å². The summed E-state index contributed by atoms with van der Waals surface area (Å²) in [6.45, 7) is 0.428. The molecule has 3 aromatic rings. The molecule has 0 aliphatic rings. The lowest BCUT2D eigenvalue weighted by molar-refractivity contribution is -0.141. The molecule has 150 valence electrons. The summed E-state index contributed by atoms with van der Waals surface area (Å²) in [4.78, 5) is 7.66. The van der Waals surface area contributed by atoms with E-state index < -0.39 is 11.9 Å². The summed E-state index contributed by atoms with van der Waals surface area (Å²) in [6.07, 6.45) is -4.63. The molecule has 9 heteroatoms. The number of anilines is 2. The second-order valence-electron chi connectivity index (χ2n) is 6.28. The van der Waals surface area contributed by atoms with Crippen molar-refractivity contribution < 1.29 is 13.2 Å². The number of hydrogen-bond donors (Lipinski definition) is 2. The Hall–Kier alpha value is -4.11. The lowest BCUT2D eigenvalue weighted by atomic mass is 10.1. The number of benzene rings is 2. The van der Waals surface area contributed by atoms with E-state index in [-0.39, 0.29) is 24.9 Å². The molecular formula is C21H15F3N6. The van der Waals surface area contributed by atoms with Crippen LogP contribution in [0.25, 0.3) is 0 Å². The van der Waals surface area contributed by atoms with Gasteiger partial charge in [0.05, 0.1) is 23.3 Å². The van der Waals surface area contributed by atoms with Crippen molar-refractivity contribution in [2.75, 3.05) is 10.6 Å². The Morgan fingerprint density at radius 3 is 1.73 bits per heavy atom. The number of hydrogen-bond acceptors (Lipinski definition) is 6. The van der Waals surface area contributed by atoms with Crippen molar-refractivity contribution in [1.82, 2.24) is 9.97 Å². The van der Waals surface area contributed by atoms with E-state index in [2.05, 4.69) is 20.6 Å². The standard InChI is InChI=1S/C21H15F3N6/c22-21(23,24)18-9-19(27-12-16-5-1-14(10-25)2-6-16)30-20(29-18)28-13-17-7-3-15(11-26)4-8-17/h1-9H,12-13H2,(H2,27,28,29,30). The van der Waals surface area contributed by atoms with E-state index in [0.717, 1.165) is 17.2 Å². The first-order chi connectivity index (χ1) is 14.4. The number of nitrogens with one attached hydrogen (secondary N) is 2. The van der Waals surface area contributed by atoms with Gasteiger partial charge < -0.3 is 10.6 Å². The highest BCUT2D eigenvalue weighted by atomic mass is 19.4. The Kier molecular flexibility index (Phi) is 6.14. The smallest absolute Gasteiger partial charge is 0.366 e. The van der Waals surface area contributed by atoms with Gasteiger partial charge in [-0.3, -0.25) is 0 Å². The van der Waals surface area contributed by atoms with Crippen LogP contribution < -0.4 is 10.6 Å². The molecule has 0 spiro atoms. The monoisotopic (exact) mass is 408 g/mol. The molecule has 0 aliphatic carbocycles. The van der Waals surface area contributed by atoms with Gasteiger partial charge in [0.15, 0.2) is 5.69 Å². The number of nitrogens with zero attached hydrogens (tertiary/aromatic N) is 4. The summed E-state index contributed by atoms with van der Waals surface area (Å²) in [5, 5.41) is 23.3. The van der Waals surface area contributed by atoms with Crippen LogP contribution >= 0.6 is 0 Å². The molecule has 0 aliphatic heterocycles. The molecule has 0 saturated carbocycles. The quantitative estimate of drug-likeness (QED) is 0.625. The van der Waals surface area contributed by atoms with Crippen LogP contribution in [0.1, 0.15) is 27.9 Å². The number of alkyl halides is 3. The third kappa shape index (κ3) is 5.46. The Bertz CT molecular complexity index is 1010. The first-order valence-corrected chi connectivity index (χ1v) is 8.79. The van der Waals surface area contributed by atoms with E-state index in [9.17, 15) is 13.2 Å². The number of rotatable bonds is 6. The molecule has 3 rings (SSSR count). The van der Waals surface area contributed by atoms with Gasteiger partial charge in [-0.2, -0.15) is 28.7 Å². The number of nitriles is 2. The summed E-state index contributed by atoms with van der Waals surface area (Å²) in [6, 6.07) is 18.2. The second kappa shape index (κ2) is 8.93. The fraction of sp³-hybridized carbons (Fsp3) is 0.143. The summed E-state index contributed by atoms with van der Waals surface area (Å²) in [5.74, 6) is -0.152. The largest absolute Gasteiger partial charge is 0.433 e. The molecule has 2 aromatic carbocycles. The minimum Gasteiger partial charge on any atom is -0.366 e. The molecule has 0 atom stereocenters. The van der Waals surface area contributed by atoms with Crippen LogP contribution in [-0.4, -0.2) is 9.97 Å². The van der Waals surface area contributed by atoms with E-state index in [1.807, 2.05) is 12.1 Å². The maximum atomic E-state index is 13.2. The third-order valence-electron chi connectivity index (χ3n) is 4.11.